The molecule has 4 rings (SSSR count). The molecule has 1 amide bonds. The summed E-state index contributed by atoms with van der Waals surface area (Å²) >= 11 is 1.13. The van der Waals surface area contributed by atoms with Crippen molar-refractivity contribution in [2.45, 2.75) is 52.7 Å². The molecule has 2 heterocycles. The Labute approximate surface area is 213 Å². The van der Waals surface area contributed by atoms with Gasteiger partial charge in [-0.3, -0.25) is 14.2 Å². The van der Waals surface area contributed by atoms with Crippen molar-refractivity contribution in [1.29, 1.82) is 0 Å². The second-order valence-corrected chi connectivity index (χ2v) is 9.91. The van der Waals surface area contributed by atoms with Crippen molar-refractivity contribution in [3.05, 3.63) is 92.8 Å². The summed E-state index contributed by atoms with van der Waals surface area (Å²) in [6.07, 6.45) is 1.79. The van der Waals surface area contributed by atoms with E-state index in [-0.39, 0.29) is 24.0 Å². The summed E-state index contributed by atoms with van der Waals surface area (Å²) in [5.74, 6) is -0.555. The van der Waals surface area contributed by atoms with Crippen LogP contribution in [0.1, 0.15) is 65.5 Å². The second kappa shape index (κ2) is 10.9. The highest BCUT2D eigenvalue weighted by atomic mass is 32.1. The number of carbonyl (C=O) groups excluding carboxylic acids is 2. The quantitative estimate of drug-likeness (QED) is 0.305. The molecule has 0 aliphatic heterocycles. The summed E-state index contributed by atoms with van der Waals surface area (Å²) in [7, 11) is 0. The van der Waals surface area contributed by atoms with Gasteiger partial charge in [0, 0.05) is 5.69 Å². The summed E-state index contributed by atoms with van der Waals surface area (Å²) in [4.78, 5) is 44.7. The van der Waals surface area contributed by atoms with Crippen LogP contribution in [-0.2, 0) is 16.1 Å². The standard InChI is InChI=1S/C28H29N3O4S/c1-5-22(25(32)30-21-14-10-9-13-20(21)17(2)3)31-16-29-26-23(27(31)33)18(4)24(36-26)28(34)35-15-19-11-7-6-8-12-19/h6-14,16-17,22H,5,15H2,1-4H3,(H,30,32). The van der Waals surface area contributed by atoms with Gasteiger partial charge >= 0.3 is 5.97 Å². The number of nitrogens with one attached hydrogen (secondary N) is 1. The van der Waals surface area contributed by atoms with Crippen LogP contribution in [0.4, 0.5) is 5.69 Å². The predicted molar refractivity (Wildman–Crippen MR) is 143 cm³/mol. The number of anilines is 1. The molecule has 7 nitrogen and oxygen atoms in total. The average Bonchev–Trinajstić information content (AvgIpc) is 3.22. The molecule has 1 N–H and O–H groups in total. The van der Waals surface area contributed by atoms with Crippen LogP contribution < -0.4 is 10.9 Å². The maximum absolute atomic E-state index is 13.5. The topological polar surface area (TPSA) is 90.3 Å². The third-order valence-electron chi connectivity index (χ3n) is 6.14. The minimum atomic E-state index is -0.748. The van der Waals surface area contributed by atoms with Gasteiger partial charge in [-0.15, -0.1) is 11.3 Å². The first-order chi connectivity index (χ1) is 17.3. The lowest BCUT2D eigenvalue weighted by Crippen LogP contribution is -2.33. The van der Waals surface area contributed by atoms with Crippen molar-refractivity contribution in [1.82, 2.24) is 9.55 Å². The SMILES string of the molecule is CCC(C(=O)Nc1ccccc1C(C)C)n1cnc2sc(C(=O)OCc3ccccc3)c(C)c2c1=O. The molecule has 2 aromatic heterocycles. The number of para-hydroxylation sites is 1. The average molecular weight is 504 g/mol. The van der Waals surface area contributed by atoms with Crippen LogP contribution in [0, 0.1) is 6.92 Å². The van der Waals surface area contributed by atoms with Crippen LogP contribution in [-0.4, -0.2) is 21.4 Å². The summed E-state index contributed by atoms with van der Waals surface area (Å²) in [6, 6.07) is 16.3. The fraction of sp³-hybridized carbons (Fsp3) is 0.286. The summed E-state index contributed by atoms with van der Waals surface area (Å²) in [6.45, 7) is 7.83. The molecule has 36 heavy (non-hydrogen) atoms. The van der Waals surface area contributed by atoms with Gasteiger partial charge in [0.25, 0.3) is 5.56 Å². The summed E-state index contributed by atoms with van der Waals surface area (Å²) in [5, 5.41) is 3.33. The van der Waals surface area contributed by atoms with Gasteiger partial charge in [-0.25, -0.2) is 9.78 Å². The molecule has 2 aromatic carbocycles. The monoisotopic (exact) mass is 503 g/mol. The van der Waals surface area contributed by atoms with Crippen LogP contribution in [0.15, 0.2) is 65.7 Å². The van der Waals surface area contributed by atoms with E-state index in [1.807, 2.05) is 61.5 Å². The highest BCUT2D eigenvalue weighted by molar-refractivity contribution is 7.20. The van der Waals surface area contributed by atoms with Gasteiger partial charge in [-0.05, 0) is 42.0 Å². The first kappa shape index (κ1) is 25.3. The highest BCUT2D eigenvalue weighted by Gasteiger charge is 2.25. The van der Waals surface area contributed by atoms with Crippen molar-refractivity contribution in [3.63, 3.8) is 0 Å². The Morgan fingerprint density at radius 3 is 2.47 bits per heavy atom. The number of ether oxygens (including phenoxy) is 1. The van der Waals surface area contributed by atoms with E-state index in [1.54, 1.807) is 6.92 Å². The number of esters is 1. The molecule has 0 radical (unpaired) electrons. The zero-order valence-corrected chi connectivity index (χ0v) is 21.6. The third-order valence-corrected chi connectivity index (χ3v) is 7.32. The largest absolute Gasteiger partial charge is 0.457 e. The van der Waals surface area contributed by atoms with E-state index in [4.69, 9.17) is 4.74 Å². The molecule has 0 aliphatic rings. The molecular weight excluding hydrogens is 474 g/mol. The van der Waals surface area contributed by atoms with E-state index >= 15 is 0 Å². The first-order valence-electron chi connectivity index (χ1n) is 11.9. The molecule has 4 aromatic rings. The van der Waals surface area contributed by atoms with Crippen molar-refractivity contribution in [3.8, 4) is 0 Å². The Kier molecular flexibility index (Phi) is 7.64. The molecule has 1 unspecified atom stereocenters. The van der Waals surface area contributed by atoms with Crippen LogP contribution in [0.5, 0.6) is 0 Å². The number of fused-ring (bicyclic) bond motifs is 1. The fourth-order valence-corrected chi connectivity index (χ4v) is 5.21. The van der Waals surface area contributed by atoms with Crippen molar-refractivity contribution in [2.24, 2.45) is 0 Å². The summed E-state index contributed by atoms with van der Waals surface area (Å²) < 4.78 is 6.82. The number of hydrogen-bond donors (Lipinski definition) is 1. The maximum Gasteiger partial charge on any atom is 0.349 e. The van der Waals surface area contributed by atoms with E-state index in [2.05, 4.69) is 24.1 Å². The number of aromatic nitrogens is 2. The first-order valence-corrected chi connectivity index (χ1v) is 12.7. The summed E-state index contributed by atoms with van der Waals surface area (Å²) in [5.41, 5.74) is 2.79. The maximum atomic E-state index is 13.5. The van der Waals surface area contributed by atoms with Gasteiger partial charge in [-0.2, -0.15) is 0 Å². The van der Waals surface area contributed by atoms with E-state index in [0.29, 0.717) is 27.1 Å². The van der Waals surface area contributed by atoms with Gasteiger partial charge in [0.05, 0.1) is 11.7 Å². The van der Waals surface area contributed by atoms with E-state index in [9.17, 15) is 14.4 Å². The molecule has 1 atom stereocenters. The van der Waals surface area contributed by atoms with E-state index in [0.717, 1.165) is 28.2 Å². The van der Waals surface area contributed by atoms with Crippen molar-refractivity contribution in [2.75, 3.05) is 5.32 Å². The Bertz CT molecular complexity index is 1460. The number of carbonyl (C=O) groups is 2. The van der Waals surface area contributed by atoms with Gasteiger partial charge in [-0.1, -0.05) is 69.3 Å². The van der Waals surface area contributed by atoms with Gasteiger partial charge in [0.15, 0.2) is 0 Å². The number of aryl methyl sites for hydroxylation is 1. The van der Waals surface area contributed by atoms with Crippen LogP contribution in [0.3, 0.4) is 0 Å². The van der Waals surface area contributed by atoms with Gasteiger partial charge in [0.2, 0.25) is 5.91 Å². The Hall–Kier alpha value is -3.78. The third kappa shape index (κ3) is 5.09. The lowest BCUT2D eigenvalue weighted by atomic mass is 10.0. The number of benzene rings is 2. The lowest BCUT2D eigenvalue weighted by Gasteiger charge is -2.20. The molecule has 0 saturated heterocycles. The molecule has 186 valence electrons. The highest BCUT2D eigenvalue weighted by Crippen LogP contribution is 2.29. The number of hydrogen-bond acceptors (Lipinski definition) is 6. The normalized spacial score (nSPS) is 12.0. The smallest absolute Gasteiger partial charge is 0.349 e. The number of nitrogens with zero attached hydrogens (tertiary/aromatic N) is 2. The molecule has 0 saturated carbocycles. The number of thiophene rings is 1. The fourth-order valence-electron chi connectivity index (χ4n) is 4.18. The van der Waals surface area contributed by atoms with E-state index < -0.39 is 12.0 Å². The van der Waals surface area contributed by atoms with Gasteiger partial charge in [0.1, 0.15) is 22.4 Å². The lowest BCUT2D eigenvalue weighted by molar-refractivity contribution is -0.119. The number of amides is 1. The second-order valence-electron chi connectivity index (χ2n) is 8.91. The molecule has 0 aliphatic carbocycles. The Morgan fingerprint density at radius 2 is 1.78 bits per heavy atom. The van der Waals surface area contributed by atoms with Crippen LogP contribution in [0.2, 0.25) is 0 Å². The van der Waals surface area contributed by atoms with Gasteiger partial charge < -0.3 is 10.1 Å². The van der Waals surface area contributed by atoms with Crippen LogP contribution >= 0.6 is 11.3 Å². The van der Waals surface area contributed by atoms with Crippen molar-refractivity contribution < 1.29 is 14.3 Å². The van der Waals surface area contributed by atoms with Crippen molar-refractivity contribution >= 4 is 39.1 Å². The molecule has 0 bridgehead atoms. The predicted octanol–water partition coefficient (Wildman–Crippen LogP) is 5.84. The Morgan fingerprint density at radius 1 is 1.08 bits per heavy atom. The van der Waals surface area contributed by atoms with E-state index in [1.165, 1.54) is 10.9 Å². The molecule has 0 spiro atoms. The Balaban J connectivity index is 1.62. The minimum Gasteiger partial charge on any atom is -0.457 e. The zero-order valence-electron chi connectivity index (χ0n) is 20.8. The minimum absolute atomic E-state index is 0.140. The van der Waals surface area contributed by atoms with Crippen LogP contribution in [0.25, 0.3) is 10.2 Å². The molecular formula is C28H29N3O4S. The molecule has 8 heteroatoms. The number of rotatable bonds is 8. The molecule has 0 fully saturated rings. The zero-order chi connectivity index (χ0) is 25.8.